The number of ketones is 1. The predicted octanol–water partition coefficient (Wildman–Crippen LogP) is 4.33. The molecule has 24 heavy (non-hydrogen) atoms. The number of amides is 1. The molecular formula is C19H21NO3S. The molecule has 0 saturated carbocycles. The van der Waals surface area contributed by atoms with Gasteiger partial charge in [-0.25, -0.2) is 0 Å². The number of methoxy groups -OCH3 is 1. The van der Waals surface area contributed by atoms with E-state index in [-0.39, 0.29) is 17.7 Å². The van der Waals surface area contributed by atoms with Crippen molar-refractivity contribution in [1.29, 1.82) is 0 Å². The highest BCUT2D eigenvalue weighted by Gasteiger charge is 2.29. The van der Waals surface area contributed by atoms with Gasteiger partial charge in [0.2, 0.25) is 0 Å². The standard InChI is InChI=1S/C19H21NO3S/c1-13(21)18-11-15(12-24-18)19(22)20-9-4-3-8-17(20)14-6-5-7-16(10-14)23-2/h5-7,10-12,17H,3-4,8-9H2,1-2H3/t17-/m0/s1. The molecule has 1 aliphatic heterocycles. The SMILES string of the molecule is COc1cccc([C@@H]2CCCCN2C(=O)c2csc(C(C)=O)c2)c1. The Morgan fingerprint density at radius 1 is 1.25 bits per heavy atom. The van der Waals surface area contributed by atoms with Gasteiger partial charge in [-0.15, -0.1) is 11.3 Å². The van der Waals surface area contributed by atoms with Crippen molar-refractivity contribution < 1.29 is 14.3 Å². The summed E-state index contributed by atoms with van der Waals surface area (Å²) >= 11 is 1.34. The molecule has 2 heterocycles. The second-order valence-corrected chi connectivity index (χ2v) is 6.95. The number of benzene rings is 1. The van der Waals surface area contributed by atoms with Gasteiger partial charge in [-0.05, 0) is 49.9 Å². The van der Waals surface area contributed by atoms with Crippen LogP contribution in [0, 0.1) is 0 Å². The Balaban J connectivity index is 1.88. The molecule has 4 nitrogen and oxygen atoms in total. The Kier molecular flexibility index (Phi) is 5.00. The van der Waals surface area contributed by atoms with Crippen LogP contribution in [0.3, 0.4) is 0 Å². The van der Waals surface area contributed by atoms with E-state index in [2.05, 4.69) is 0 Å². The van der Waals surface area contributed by atoms with E-state index in [1.807, 2.05) is 29.2 Å². The Morgan fingerprint density at radius 2 is 2.08 bits per heavy atom. The first-order chi connectivity index (χ1) is 11.6. The van der Waals surface area contributed by atoms with Gasteiger partial charge >= 0.3 is 0 Å². The summed E-state index contributed by atoms with van der Waals surface area (Å²) in [7, 11) is 1.65. The van der Waals surface area contributed by atoms with Crippen molar-refractivity contribution in [2.24, 2.45) is 0 Å². The summed E-state index contributed by atoms with van der Waals surface area (Å²) < 4.78 is 5.32. The summed E-state index contributed by atoms with van der Waals surface area (Å²) in [6.45, 7) is 2.27. The summed E-state index contributed by atoms with van der Waals surface area (Å²) in [6, 6.07) is 9.70. The van der Waals surface area contributed by atoms with Crippen LogP contribution in [0.2, 0.25) is 0 Å². The molecule has 1 aliphatic rings. The molecule has 1 saturated heterocycles. The van der Waals surface area contributed by atoms with Crippen molar-refractivity contribution in [2.45, 2.75) is 32.2 Å². The average molecular weight is 343 g/mol. The lowest BCUT2D eigenvalue weighted by Crippen LogP contribution is -2.38. The molecular weight excluding hydrogens is 322 g/mol. The van der Waals surface area contributed by atoms with Crippen LogP contribution in [0.15, 0.2) is 35.7 Å². The molecule has 2 aromatic rings. The number of hydrogen-bond donors (Lipinski definition) is 0. The van der Waals surface area contributed by atoms with Crippen LogP contribution in [0.1, 0.15) is 57.8 Å². The summed E-state index contributed by atoms with van der Waals surface area (Å²) in [6.07, 6.45) is 3.06. The third-order valence-corrected chi connectivity index (χ3v) is 5.47. The highest BCUT2D eigenvalue weighted by atomic mass is 32.1. The van der Waals surface area contributed by atoms with Gasteiger partial charge in [0, 0.05) is 11.9 Å². The molecule has 3 rings (SSSR count). The van der Waals surface area contributed by atoms with Gasteiger partial charge in [0.25, 0.3) is 5.91 Å². The van der Waals surface area contributed by atoms with Gasteiger partial charge in [0.15, 0.2) is 5.78 Å². The van der Waals surface area contributed by atoms with Gasteiger partial charge in [-0.2, -0.15) is 0 Å². The number of piperidine rings is 1. The normalized spacial score (nSPS) is 17.6. The maximum Gasteiger partial charge on any atom is 0.255 e. The van der Waals surface area contributed by atoms with Crippen molar-refractivity contribution in [1.82, 2.24) is 4.90 Å². The van der Waals surface area contributed by atoms with E-state index in [0.717, 1.165) is 37.1 Å². The molecule has 1 amide bonds. The van der Waals surface area contributed by atoms with E-state index >= 15 is 0 Å². The van der Waals surface area contributed by atoms with Crippen molar-refractivity contribution >= 4 is 23.0 Å². The number of rotatable bonds is 4. The van der Waals surface area contributed by atoms with Crippen LogP contribution in [0.4, 0.5) is 0 Å². The van der Waals surface area contributed by atoms with Gasteiger partial charge in [0.1, 0.15) is 5.75 Å². The number of likely N-dealkylation sites (tertiary alicyclic amines) is 1. The Bertz CT molecular complexity index is 753. The molecule has 0 aliphatic carbocycles. The molecule has 1 aromatic carbocycles. The maximum atomic E-state index is 13.0. The van der Waals surface area contributed by atoms with Crippen LogP contribution in [-0.2, 0) is 0 Å². The monoisotopic (exact) mass is 343 g/mol. The minimum Gasteiger partial charge on any atom is -0.497 e. The number of Topliss-reactive ketones (excluding diaryl/α,β-unsaturated/α-hetero) is 1. The quantitative estimate of drug-likeness (QED) is 0.777. The zero-order valence-electron chi connectivity index (χ0n) is 14.0. The first-order valence-corrected chi connectivity index (χ1v) is 9.02. The topological polar surface area (TPSA) is 46.6 Å². The summed E-state index contributed by atoms with van der Waals surface area (Å²) in [5.74, 6) is 0.813. The summed E-state index contributed by atoms with van der Waals surface area (Å²) in [5.41, 5.74) is 1.71. The molecule has 0 unspecified atom stereocenters. The zero-order valence-corrected chi connectivity index (χ0v) is 14.8. The number of nitrogens with zero attached hydrogens (tertiary/aromatic N) is 1. The smallest absolute Gasteiger partial charge is 0.255 e. The summed E-state index contributed by atoms with van der Waals surface area (Å²) in [5, 5.41) is 1.79. The van der Waals surface area contributed by atoms with E-state index in [1.54, 1.807) is 18.6 Å². The van der Waals surface area contributed by atoms with Crippen LogP contribution >= 0.6 is 11.3 Å². The maximum absolute atomic E-state index is 13.0. The first kappa shape index (κ1) is 16.7. The number of ether oxygens (including phenoxy) is 1. The predicted molar refractivity (Wildman–Crippen MR) is 94.9 cm³/mol. The largest absolute Gasteiger partial charge is 0.497 e. The molecule has 0 radical (unpaired) electrons. The molecule has 0 N–H and O–H groups in total. The van der Waals surface area contributed by atoms with Gasteiger partial charge < -0.3 is 9.64 Å². The second kappa shape index (κ2) is 7.18. The van der Waals surface area contributed by atoms with Crippen LogP contribution in [-0.4, -0.2) is 30.2 Å². The van der Waals surface area contributed by atoms with Gasteiger partial charge in [-0.1, -0.05) is 12.1 Å². The Labute approximate surface area is 146 Å². The van der Waals surface area contributed by atoms with E-state index in [4.69, 9.17) is 4.74 Å². The number of hydrogen-bond acceptors (Lipinski definition) is 4. The molecule has 1 aromatic heterocycles. The minimum absolute atomic E-state index is 0.00189. The van der Waals surface area contributed by atoms with E-state index in [0.29, 0.717) is 10.4 Å². The average Bonchev–Trinajstić information content (AvgIpc) is 3.11. The molecule has 0 bridgehead atoms. The minimum atomic E-state index is 0.00189. The first-order valence-electron chi connectivity index (χ1n) is 8.14. The highest BCUT2D eigenvalue weighted by molar-refractivity contribution is 7.12. The molecule has 1 fully saturated rings. The van der Waals surface area contributed by atoms with Crippen LogP contribution in [0.25, 0.3) is 0 Å². The number of carbonyl (C=O) groups excluding carboxylic acids is 2. The molecule has 1 atom stereocenters. The van der Waals surface area contributed by atoms with Crippen molar-refractivity contribution in [3.05, 3.63) is 51.7 Å². The fourth-order valence-electron chi connectivity index (χ4n) is 3.17. The second-order valence-electron chi connectivity index (χ2n) is 6.04. The van der Waals surface area contributed by atoms with Gasteiger partial charge in [-0.3, -0.25) is 9.59 Å². The Morgan fingerprint density at radius 3 is 2.79 bits per heavy atom. The van der Waals surface area contributed by atoms with E-state index in [1.165, 1.54) is 18.3 Å². The fraction of sp³-hybridized carbons (Fsp3) is 0.368. The van der Waals surface area contributed by atoms with Crippen molar-refractivity contribution in [3.8, 4) is 5.75 Å². The number of carbonyl (C=O) groups is 2. The third-order valence-electron chi connectivity index (χ3n) is 4.44. The van der Waals surface area contributed by atoms with Crippen LogP contribution < -0.4 is 4.74 Å². The molecule has 0 spiro atoms. The van der Waals surface area contributed by atoms with Crippen molar-refractivity contribution in [3.63, 3.8) is 0 Å². The fourth-order valence-corrected chi connectivity index (χ4v) is 3.95. The van der Waals surface area contributed by atoms with Crippen molar-refractivity contribution in [2.75, 3.05) is 13.7 Å². The van der Waals surface area contributed by atoms with E-state index in [9.17, 15) is 9.59 Å². The van der Waals surface area contributed by atoms with E-state index < -0.39 is 0 Å². The Hall–Kier alpha value is -2.14. The highest BCUT2D eigenvalue weighted by Crippen LogP contribution is 2.34. The van der Waals surface area contributed by atoms with Crippen LogP contribution in [0.5, 0.6) is 5.75 Å². The third kappa shape index (κ3) is 3.36. The lowest BCUT2D eigenvalue weighted by molar-refractivity contribution is 0.0612. The molecule has 126 valence electrons. The zero-order chi connectivity index (χ0) is 17.1. The number of thiophene rings is 1. The molecule has 5 heteroatoms. The lowest BCUT2D eigenvalue weighted by atomic mass is 9.94. The summed E-state index contributed by atoms with van der Waals surface area (Å²) in [4.78, 5) is 27.0. The van der Waals surface area contributed by atoms with Gasteiger partial charge in [0.05, 0.1) is 23.6 Å². The lowest BCUT2D eigenvalue weighted by Gasteiger charge is -2.36.